The van der Waals surface area contributed by atoms with Gasteiger partial charge in [0.05, 0.1) is 18.2 Å². The molecule has 2 saturated heterocycles. The smallest absolute Gasteiger partial charge is 0.187 e. The first-order chi connectivity index (χ1) is 15.5. The fourth-order valence-electron chi connectivity index (χ4n) is 4.50. The van der Waals surface area contributed by atoms with Gasteiger partial charge in [-0.3, -0.25) is 0 Å². The summed E-state index contributed by atoms with van der Waals surface area (Å²) in [4.78, 5) is 0. The Morgan fingerprint density at radius 3 is 1.64 bits per heavy atom. The minimum Gasteiger partial charge on any atom is -0.388 e. The van der Waals surface area contributed by atoms with Crippen molar-refractivity contribution in [2.24, 2.45) is 34.4 Å². The van der Waals surface area contributed by atoms with Crippen molar-refractivity contribution in [2.45, 2.75) is 98.1 Å². The zero-order valence-corrected chi connectivity index (χ0v) is 18.1. The fourth-order valence-corrected chi connectivity index (χ4v) is 4.50. The molecule has 2 aliphatic heterocycles. The van der Waals surface area contributed by atoms with Crippen LogP contribution in [-0.4, -0.2) is 130 Å². The molecule has 194 valence electrons. The molecule has 0 radical (unpaired) electrons. The van der Waals surface area contributed by atoms with Crippen molar-refractivity contribution in [3.63, 3.8) is 0 Å². The van der Waals surface area contributed by atoms with E-state index in [0.29, 0.717) is 0 Å². The van der Waals surface area contributed by atoms with E-state index in [2.05, 4.69) is 0 Å². The van der Waals surface area contributed by atoms with Crippen molar-refractivity contribution in [2.75, 3.05) is 13.1 Å². The monoisotopic (exact) mass is 482 g/mol. The van der Waals surface area contributed by atoms with Crippen LogP contribution in [0, 0.1) is 0 Å². The molecular formula is C18H38N6O9. The molecule has 3 fully saturated rings. The zero-order valence-electron chi connectivity index (χ0n) is 18.1. The van der Waals surface area contributed by atoms with Crippen molar-refractivity contribution in [1.29, 1.82) is 0 Å². The molecule has 0 aromatic rings. The van der Waals surface area contributed by atoms with E-state index in [4.69, 9.17) is 53.3 Å². The van der Waals surface area contributed by atoms with Crippen LogP contribution in [0.4, 0.5) is 0 Å². The highest BCUT2D eigenvalue weighted by atomic mass is 16.7. The van der Waals surface area contributed by atoms with Crippen molar-refractivity contribution in [3.05, 3.63) is 0 Å². The van der Waals surface area contributed by atoms with Crippen LogP contribution in [0.3, 0.4) is 0 Å². The summed E-state index contributed by atoms with van der Waals surface area (Å²) in [7, 11) is 0. The van der Waals surface area contributed by atoms with Gasteiger partial charge in [-0.1, -0.05) is 0 Å². The van der Waals surface area contributed by atoms with E-state index in [1.165, 1.54) is 0 Å². The highest BCUT2D eigenvalue weighted by Crippen LogP contribution is 2.30. The number of rotatable bonds is 6. The molecule has 1 saturated carbocycles. The molecule has 0 spiro atoms. The van der Waals surface area contributed by atoms with Gasteiger partial charge < -0.3 is 78.9 Å². The Hall–Kier alpha value is -0.600. The summed E-state index contributed by atoms with van der Waals surface area (Å²) >= 11 is 0. The van der Waals surface area contributed by atoms with Gasteiger partial charge in [0.25, 0.3) is 0 Å². The SMILES string of the molecule is NC[C@H]1O[C@H](O[C@@H]2[C@@H](O)[C@H](O[C@H]3O[C@H](CN)[C@@H](O)[C@H](O)[C@H]3N)[C@@H](N)C[C@H]2N)[C@H](O)[C@@H](O)[C@@H]1N. The Kier molecular flexibility index (Phi) is 8.99. The second-order valence-corrected chi connectivity index (χ2v) is 8.93. The number of hydrogen-bond acceptors (Lipinski definition) is 15. The predicted octanol–water partition coefficient (Wildman–Crippen LogP) is -7.36. The topological polar surface area (TPSA) is 294 Å². The highest BCUT2D eigenvalue weighted by Gasteiger charge is 2.51. The summed E-state index contributed by atoms with van der Waals surface area (Å²) in [5, 5.41) is 51.8. The lowest BCUT2D eigenvalue weighted by Gasteiger charge is -2.48. The summed E-state index contributed by atoms with van der Waals surface area (Å²) in [6, 6.07) is -3.62. The molecule has 0 amide bonds. The molecule has 2 heterocycles. The Labute approximate surface area is 190 Å². The van der Waals surface area contributed by atoms with Gasteiger partial charge in [-0.2, -0.15) is 0 Å². The van der Waals surface area contributed by atoms with Crippen LogP contribution in [-0.2, 0) is 18.9 Å². The molecular weight excluding hydrogens is 444 g/mol. The molecule has 15 nitrogen and oxygen atoms in total. The summed E-state index contributed by atoms with van der Waals surface area (Å²) in [6.45, 7) is -0.140. The summed E-state index contributed by atoms with van der Waals surface area (Å²) in [6.07, 6.45) is -13.5. The molecule has 33 heavy (non-hydrogen) atoms. The molecule has 3 aliphatic rings. The van der Waals surface area contributed by atoms with E-state index >= 15 is 0 Å². The third kappa shape index (κ3) is 5.32. The lowest BCUT2D eigenvalue weighted by Crippen LogP contribution is -2.69. The Morgan fingerprint density at radius 1 is 0.606 bits per heavy atom. The van der Waals surface area contributed by atoms with E-state index in [1.54, 1.807) is 0 Å². The number of ether oxygens (including phenoxy) is 4. The van der Waals surface area contributed by atoms with Gasteiger partial charge in [0.2, 0.25) is 0 Å². The van der Waals surface area contributed by atoms with Gasteiger partial charge in [-0.25, -0.2) is 0 Å². The number of nitrogens with two attached hydrogens (primary N) is 6. The first-order valence-electron chi connectivity index (χ1n) is 11.0. The van der Waals surface area contributed by atoms with E-state index in [9.17, 15) is 25.5 Å². The van der Waals surface area contributed by atoms with Crippen LogP contribution in [0.5, 0.6) is 0 Å². The lowest BCUT2D eigenvalue weighted by atomic mass is 9.84. The van der Waals surface area contributed by atoms with Gasteiger partial charge >= 0.3 is 0 Å². The van der Waals surface area contributed by atoms with Crippen molar-refractivity contribution in [1.82, 2.24) is 0 Å². The number of aliphatic hydroxyl groups excluding tert-OH is 5. The lowest BCUT2D eigenvalue weighted by molar-refractivity contribution is -0.316. The summed E-state index contributed by atoms with van der Waals surface area (Å²) in [5.41, 5.74) is 35.2. The van der Waals surface area contributed by atoms with Crippen molar-refractivity contribution >= 4 is 0 Å². The predicted molar refractivity (Wildman–Crippen MR) is 112 cm³/mol. The molecule has 15 heteroatoms. The summed E-state index contributed by atoms with van der Waals surface area (Å²) < 4.78 is 22.7. The van der Waals surface area contributed by atoms with Gasteiger partial charge in [0.1, 0.15) is 48.8 Å². The van der Waals surface area contributed by atoms with Crippen molar-refractivity contribution in [3.8, 4) is 0 Å². The molecule has 0 bridgehead atoms. The Morgan fingerprint density at radius 2 is 1.09 bits per heavy atom. The van der Waals surface area contributed by atoms with E-state index in [0.717, 1.165) is 0 Å². The normalized spacial score (nSPS) is 53.7. The second-order valence-electron chi connectivity index (χ2n) is 8.93. The third-order valence-electron chi connectivity index (χ3n) is 6.62. The first kappa shape index (κ1) is 27.0. The fraction of sp³-hybridized carbons (Fsp3) is 1.00. The molecule has 3 rings (SSSR count). The molecule has 0 unspecified atom stereocenters. The minimum atomic E-state index is -1.52. The van der Waals surface area contributed by atoms with Crippen LogP contribution in [0.15, 0.2) is 0 Å². The quantitative estimate of drug-likeness (QED) is 0.167. The maximum atomic E-state index is 11.0. The molecule has 1 aliphatic carbocycles. The second kappa shape index (κ2) is 11.0. The van der Waals surface area contributed by atoms with Crippen LogP contribution >= 0.6 is 0 Å². The average molecular weight is 483 g/mol. The molecule has 0 aromatic heterocycles. The van der Waals surface area contributed by atoms with Crippen LogP contribution < -0.4 is 34.4 Å². The van der Waals surface area contributed by atoms with Gasteiger partial charge in [0, 0.05) is 25.2 Å². The van der Waals surface area contributed by atoms with Crippen LogP contribution in [0.25, 0.3) is 0 Å². The van der Waals surface area contributed by atoms with E-state index in [1.807, 2.05) is 0 Å². The minimum absolute atomic E-state index is 0.0336. The van der Waals surface area contributed by atoms with Gasteiger partial charge in [-0.15, -0.1) is 0 Å². The maximum Gasteiger partial charge on any atom is 0.187 e. The highest BCUT2D eigenvalue weighted by molar-refractivity contribution is 5.01. The summed E-state index contributed by atoms with van der Waals surface area (Å²) in [5.74, 6) is 0. The molecule has 15 atom stereocenters. The average Bonchev–Trinajstić information content (AvgIpc) is 2.79. The molecule has 0 aromatic carbocycles. The standard InChI is InChI=1S/C18H38N6O9/c19-2-6-8(23)11(26)13(28)18(30-6)33-16-5(22)1-4(21)15(14(16)29)32-17-9(24)12(27)10(25)7(3-20)31-17/h4-18,25-29H,1-3,19-24H2/t4-,5+,6+,7+,8+,9+,10+,11-,12+,13+,14-,15+,16-,17+,18+/m0/s1. The zero-order chi connectivity index (χ0) is 24.6. The number of hydrogen-bond donors (Lipinski definition) is 11. The van der Waals surface area contributed by atoms with Crippen molar-refractivity contribution < 1.29 is 44.5 Å². The third-order valence-corrected chi connectivity index (χ3v) is 6.62. The van der Waals surface area contributed by atoms with Gasteiger partial charge in [-0.05, 0) is 6.42 Å². The van der Waals surface area contributed by atoms with E-state index < -0.39 is 91.7 Å². The van der Waals surface area contributed by atoms with E-state index in [-0.39, 0.29) is 19.5 Å². The molecule has 17 N–H and O–H groups in total. The van der Waals surface area contributed by atoms with Crippen LogP contribution in [0.1, 0.15) is 6.42 Å². The number of aliphatic hydroxyl groups is 5. The van der Waals surface area contributed by atoms with Crippen LogP contribution in [0.2, 0.25) is 0 Å². The Balaban J connectivity index is 1.72. The first-order valence-corrected chi connectivity index (χ1v) is 11.0. The largest absolute Gasteiger partial charge is 0.388 e. The maximum absolute atomic E-state index is 11.0. The van der Waals surface area contributed by atoms with Gasteiger partial charge in [0.15, 0.2) is 12.6 Å². The Bertz CT molecular complexity index is 586.